The number of carboxylic acid groups (broad SMARTS) is 1. The standard InChI is InChI=1S/C18H17N3O2/c1-20(13-14-8-4-2-5-9-14)17-16(18(22)23)12-19-21(17)15-10-6-3-7-11-15/h2-12H,13H2,1H3,(H,22,23). The molecule has 0 spiro atoms. The first-order valence-corrected chi connectivity index (χ1v) is 7.28. The molecule has 0 aliphatic heterocycles. The molecule has 3 aromatic rings. The van der Waals surface area contributed by atoms with Crippen LogP contribution >= 0.6 is 0 Å². The monoisotopic (exact) mass is 307 g/mol. The van der Waals surface area contributed by atoms with Crippen LogP contribution in [0.2, 0.25) is 0 Å². The van der Waals surface area contributed by atoms with Crippen molar-refractivity contribution in [1.29, 1.82) is 0 Å². The quantitative estimate of drug-likeness (QED) is 0.786. The van der Waals surface area contributed by atoms with E-state index in [4.69, 9.17) is 0 Å². The zero-order valence-electron chi connectivity index (χ0n) is 12.8. The number of carbonyl (C=O) groups is 1. The Morgan fingerprint density at radius 2 is 1.70 bits per heavy atom. The summed E-state index contributed by atoms with van der Waals surface area (Å²) < 4.78 is 1.66. The molecule has 5 heteroatoms. The molecule has 0 saturated carbocycles. The van der Waals surface area contributed by atoms with Crippen molar-refractivity contribution in [2.45, 2.75) is 6.54 Å². The molecule has 1 N–H and O–H groups in total. The van der Waals surface area contributed by atoms with Crippen molar-refractivity contribution in [2.75, 3.05) is 11.9 Å². The summed E-state index contributed by atoms with van der Waals surface area (Å²) in [4.78, 5) is 13.4. The van der Waals surface area contributed by atoms with Crippen LogP contribution in [0.3, 0.4) is 0 Å². The van der Waals surface area contributed by atoms with E-state index >= 15 is 0 Å². The lowest BCUT2D eigenvalue weighted by atomic mass is 10.2. The Morgan fingerprint density at radius 3 is 2.30 bits per heavy atom. The minimum absolute atomic E-state index is 0.187. The Balaban J connectivity index is 2.02. The van der Waals surface area contributed by atoms with E-state index in [9.17, 15) is 9.90 Å². The number of rotatable bonds is 5. The first kappa shape index (κ1) is 14.8. The van der Waals surface area contributed by atoms with Crippen molar-refractivity contribution in [3.63, 3.8) is 0 Å². The van der Waals surface area contributed by atoms with Crippen molar-refractivity contribution in [3.05, 3.63) is 78.0 Å². The third-order valence-electron chi connectivity index (χ3n) is 3.60. The van der Waals surface area contributed by atoms with E-state index < -0.39 is 5.97 Å². The van der Waals surface area contributed by atoms with Crippen molar-refractivity contribution >= 4 is 11.8 Å². The Morgan fingerprint density at radius 1 is 1.09 bits per heavy atom. The van der Waals surface area contributed by atoms with Gasteiger partial charge in [0, 0.05) is 13.6 Å². The van der Waals surface area contributed by atoms with Gasteiger partial charge in [-0.15, -0.1) is 0 Å². The van der Waals surface area contributed by atoms with E-state index in [1.807, 2.05) is 72.6 Å². The van der Waals surface area contributed by atoms with Gasteiger partial charge < -0.3 is 10.0 Å². The summed E-state index contributed by atoms with van der Waals surface area (Å²) in [5, 5.41) is 13.7. The molecule has 0 amide bonds. The Kier molecular flexibility index (Phi) is 4.10. The Labute approximate surface area is 134 Å². The molecule has 0 bridgehead atoms. The first-order valence-electron chi connectivity index (χ1n) is 7.28. The summed E-state index contributed by atoms with van der Waals surface area (Å²) in [5.74, 6) is -0.422. The number of hydrogen-bond acceptors (Lipinski definition) is 3. The van der Waals surface area contributed by atoms with Gasteiger partial charge in [-0.2, -0.15) is 5.10 Å². The molecule has 116 valence electrons. The predicted molar refractivity (Wildman–Crippen MR) is 89.1 cm³/mol. The van der Waals surface area contributed by atoms with E-state index in [0.717, 1.165) is 11.3 Å². The Hall–Kier alpha value is -3.08. The van der Waals surface area contributed by atoms with Gasteiger partial charge in [0.2, 0.25) is 0 Å². The molecule has 23 heavy (non-hydrogen) atoms. The number of aromatic carboxylic acids is 1. The molecule has 0 saturated heterocycles. The van der Waals surface area contributed by atoms with E-state index in [1.54, 1.807) is 4.68 Å². The number of carboxylic acids is 1. The topological polar surface area (TPSA) is 58.4 Å². The van der Waals surface area contributed by atoms with Crippen molar-refractivity contribution in [2.24, 2.45) is 0 Å². The summed E-state index contributed by atoms with van der Waals surface area (Å²) >= 11 is 0. The van der Waals surface area contributed by atoms with Gasteiger partial charge in [0.1, 0.15) is 11.4 Å². The van der Waals surface area contributed by atoms with Gasteiger partial charge >= 0.3 is 5.97 Å². The number of aromatic nitrogens is 2. The molecule has 5 nitrogen and oxygen atoms in total. The normalized spacial score (nSPS) is 10.5. The van der Waals surface area contributed by atoms with Crippen LogP contribution in [0, 0.1) is 0 Å². The van der Waals surface area contributed by atoms with Crippen molar-refractivity contribution in [3.8, 4) is 5.69 Å². The summed E-state index contributed by atoms with van der Waals surface area (Å²) in [7, 11) is 1.87. The molecular formula is C18H17N3O2. The van der Waals surface area contributed by atoms with Gasteiger partial charge in [0.05, 0.1) is 11.9 Å². The maximum atomic E-state index is 11.5. The third kappa shape index (κ3) is 3.08. The van der Waals surface area contributed by atoms with Gasteiger partial charge in [-0.3, -0.25) is 0 Å². The first-order chi connectivity index (χ1) is 11.2. The molecule has 0 atom stereocenters. The highest BCUT2D eigenvalue weighted by Crippen LogP contribution is 2.25. The molecule has 0 aliphatic carbocycles. The molecule has 0 fully saturated rings. The fourth-order valence-electron chi connectivity index (χ4n) is 2.55. The van der Waals surface area contributed by atoms with Crippen LogP contribution in [0.4, 0.5) is 5.82 Å². The molecule has 0 radical (unpaired) electrons. The van der Waals surface area contributed by atoms with Crippen LogP contribution in [0.1, 0.15) is 15.9 Å². The summed E-state index contributed by atoms with van der Waals surface area (Å²) in [6, 6.07) is 19.4. The maximum absolute atomic E-state index is 11.5. The number of anilines is 1. The second kappa shape index (κ2) is 6.36. The van der Waals surface area contributed by atoms with Crippen LogP contribution < -0.4 is 4.90 Å². The van der Waals surface area contributed by atoms with Gasteiger partial charge in [-0.25, -0.2) is 9.48 Å². The van der Waals surface area contributed by atoms with E-state index in [0.29, 0.717) is 12.4 Å². The summed E-state index contributed by atoms with van der Waals surface area (Å²) in [5.41, 5.74) is 2.12. The highest BCUT2D eigenvalue weighted by Gasteiger charge is 2.21. The lowest BCUT2D eigenvalue weighted by molar-refractivity contribution is 0.0697. The molecule has 0 unspecified atom stereocenters. The zero-order chi connectivity index (χ0) is 16.2. The van der Waals surface area contributed by atoms with Gasteiger partial charge in [-0.05, 0) is 17.7 Å². The highest BCUT2D eigenvalue weighted by molar-refractivity contribution is 5.93. The third-order valence-corrected chi connectivity index (χ3v) is 3.60. The fraction of sp³-hybridized carbons (Fsp3) is 0.111. The molecule has 1 heterocycles. The van der Waals surface area contributed by atoms with Crippen molar-refractivity contribution < 1.29 is 9.90 Å². The fourth-order valence-corrected chi connectivity index (χ4v) is 2.55. The van der Waals surface area contributed by atoms with Gasteiger partial charge in [-0.1, -0.05) is 48.5 Å². The van der Waals surface area contributed by atoms with Crippen LogP contribution in [-0.4, -0.2) is 27.9 Å². The van der Waals surface area contributed by atoms with Crippen LogP contribution in [0.15, 0.2) is 66.9 Å². The van der Waals surface area contributed by atoms with Crippen LogP contribution in [0.5, 0.6) is 0 Å². The van der Waals surface area contributed by atoms with Gasteiger partial charge in [0.15, 0.2) is 0 Å². The molecule has 2 aromatic carbocycles. The second-order valence-electron chi connectivity index (χ2n) is 5.28. The molecule has 3 rings (SSSR count). The SMILES string of the molecule is CN(Cc1ccccc1)c1c(C(=O)O)cnn1-c1ccccc1. The largest absolute Gasteiger partial charge is 0.477 e. The van der Waals surface area contributed by atoms with E-state index in [1.165, 1.54) is 6.20 Å². The minimum Gasteiger partial charge on any atom is -0.477 e. The maximum Gasteiger partial charge on any atom is 0.341 e. The van der Waals surface area contributed by atoms with Gasteiger partial charge in [0.25, 0.3) is 0 Å². The molecule has 1 aromatic heterocycles. The van der Waals surface area contributed by atoms with E-state index in [-0.39, 0.29) is 5.56 Å². The molecular weight excluding hydrogens is 290 g/mol. The lowest BCUT2D eigenvalue weighted by Crippen LogP contribution is -2.22. The van der Waals surface area contributed by atoms with Crippen LogP contribution in [0.25, 0.3) is 5.69 Å². The van der Waals surface area contributed by atoms with E-state index in [2.05, 4.69) is 5.10 Å². The van der Waals surface area contributed by atoms with Crippen LogP contribution in [-0.2, 0) is 6.54 Å². The summed E-state index contributed by atoms with van der Waals surface area (Å²) in [6.45, 7) is 0.597. The number of para-hydroxylation sites is 1. The number of hydrogen-bond donors (Lipinski definition) is 1. The molecule has 0 aliphatic rings. The minimum atomic E-state index is -0.984. The smallest absolute Gasteiger partial charge is 0.341 e. The second-order valence-corrected chi connectivity index (χ2v) is 5.28. The Bertz CT molecular complexity index is 798. The predicted octanol–water partition coefficient (Wildman–Crippen LogP) is 3.21. The number of benzene rings is 2. The highest BCUT2D eigenvalue weighted by atomic mass is 16.4. The average molecular weight is 307 g/mol. The lowest BCUT2D eigenvalue weighted by Gasteiger charge is -2.21. The summed E-state index contributed by atoms with van der Waals surface area (Å²) in [6.07, 6.45) is 1.40. The number of nitrogens with zero attached hydrogens (tertiary/aromatic N) is 3. The van der Waals surface area contributed by atoms with Crippen molar-refractivity contribution in [1.82, 2.24) is 9.78 Å². The average Bonchev–Trinajstić information content (AvgIpc) is 3.02. The zero-order valence-corrected chi connectivity index (χ0v) is 12.8.